The molecule has 0 radical (unpaired) electrons. The van der Waals surface area contributed by atoms with Crippen LogP contribution in [0.5, 0.6) is 0 Å². The van der Waals surface area contributed by atoms with E-state index >= 15 is 0 Å². The molecule has 0 aliphatic heterocycles. The number of aryl methyl sites for hydroxylation is 1. The predicted molar refractivity (Wildman–Crippen MR) is 128 cm³/mol. The molecule has 0 saturated heterocycles. The van der Waals surface area contributed by atoms with Gasteiger partial charge in [-0.25, -0.2) is 4.98 Å². The van der Waals surface area contributed by atoms with E-state index in [1.165, 1.54) is 22.5 Å². The summed E-state index contributed by atoms with van der Waals surface area (Å²) in [7, 11) is 0. The third-order valence-electron chi connectivity index (χ3n) is 5.23. The molecule has 5 aromatic rings. The molecule has 0 aliphatic carbocycles. The minimum atomic E-state index is -0.351. The lowest BCUT2D eigenvalue weighted by atomic mass is 10.1. The van der Waals surface area contributed by atoms with Gasteiger partial charge in [0.2, 0.25) is 5.91 Å². The van der Waals surface area contributed by atoms with Crippen molar-refractivity contribution in [3.8, 4) is 10.6 Å². The quantitative estimate of drug-likeness (QED) is 0.352. The van der Waals surface area contributed by atoms with E-state index in [2.05, 4.69) is 15.5 Å². The standard InChI is InChI=1S/C25H20N4O4S/c1-16-23-19(13-20(21-10-6-12-34-21)27-24(23)33-28-16)25(31)29(14-18-9-5-11-32-18)15-22(30)26-17-7-3-2-4-8-17/h2-13H,14-15H2,1H3,(H,26,30). The number of amides is 2. The zero-order valence-corrected chi connectivity index (χ0v) is 19.0. The largest absolute Gasteiger partial charge is 0.467 e. The second-order valence-electron chi connectivity index (χ2n) is 7.64. The number of para-hydroxylation sites is 1. The summed E-state index contributed by atoms with van der Waals surface area (Å²) < 4.78 is 10.9. The summed E-state index contributed by atoms with van der Waals surface area (Å²) in [6, 6.07) is 18.2. The van der Waals surface area contributed by atoms with Crippen LogP contribution < -0.4 is 5.32 Å². The first-order valence-corrected chi connectivity index (χ1v) is 11.4. The summed E-state index contributed by atoms with van der Waals surface area (Å²) in [5.74, 6) is -0.111. The van der Waals surface area contributed by atoms with Crippen LogP contribution in [0.15, 0.2) is 81.2 Å². The lowest BCUT2D eigenvalue weighted by Crippen LogP contribution is -2.37. The molecule has 1 aromatic carbocycles. The fourth-order valence-corrected chi connectivity index (χ4v) is 4.36. The van der Waals surface area contributed by atoms with E-state index in [-0.39, 0.29) is 30.6 Å². The van der Waals surface area contributed by atoms with Crippen molar-refractivity contribution < 1.29 is 18.5 Å². The summed E-state index contributed by atoms with van der Waals surface area (Å²) in [6.07, 6.45) is 1.53. The van der Waals surface area contributed by atoms with Gasteiger partial charge in [0.15, 0.2) is 0 Å². The monoisotopic (exact) mass is 472 g/mol. The van der Waals surface area contributed by atoms with E-state index < -0.39 is 0 Å². The first-order chi connectivity index (χ1) is 16.6. The van der Waals surface area contributed by atoms with Gasteiger partial charge in [0.05, 0.1) is 40.0 Å². The van der Waals surface area contributed by atoms with Crippen LogP contribution in [-0.2, 0) is 11.3 Å². The molecule has 0 saturated carbocycles. The van der Waals surface area contributed by atoms with Gasteiger partial charge in [0, 0.05) is 5.69 Å². The third-order valence-corrected chi connectivity index (χ3v) is 6.12. The van der Waals surface area contributed by atoms with E-state index in [9.17, 15) is 9.59 Å². The van der Waals surface area contributed by atoms with Crippen molar-refractivity contribution >= 4 is 39.9 Å². The second-order valence-corrected chi connectivity index (χ2v) is 8.58. The van der Waals surface area contributed by atoms with Gasteiger partial charge in [-0.1, -0.05) is 29.4 Å². The second kappa shape index (κ2) is 9.32. The molecule has 1 N–H and O–H groups in total. The summed E-state index contributed by atoms with van der Waals surface area (Å²) in [4.78, 5) is 33.6. The number of carbonyl (C=O) groups is 2. The van der Waals surface area contributed by atoms with Crippen molar-refractivity contribution in [1.29, 1.82) is 0 Å². The van der Waals surface area contributed by atoms with Gasteiger partial charge in [0.25, 0.3) is 11.6 Å². The molecular formula is C25H20N4O4S. The smallest absolute Gasteiger partial charge is 0.259 e. The van der Waals surface area contributed by atoms with Gasteiger partial charge in [-0.2, -0.15) is 0 Å². The number of rotatable bonds is 7. The van der Waals surface area contributed by atoms with Crippen LogP contribution in [0, 0.1) is 6.92 Å². The number of fused-ring (bicyclic) bond motifs is 1. The predicted octanol–water partition coefficient (Wildman–Crippen LogP) is 5.13. The van der Waals surface area contributed by atoms with Crippen molar-refractivity contribution in [2.45, 2.75) is 13.5 Å². The van der Waals surface area contributed by atoms with Crippen molar-refractivity contribution in [3.05, 3.63) is 89.3 Å². The Kier molecular flexibility index (Phi) is 5.92. The number of anilines is 1. The molecule has 4 aromatic heterocycles. The van der Waals surface area contributed by atoms with Crippen LogP contribution in [0.1, 0.15) is 21.8 Å². The molecule has 9 heteroatoms. The topological polar surface area (TPSA) is 101 Å². The number of hydrogen-bond acceptors (Lipinski definition) is 7. The van der Waals surface area contributed by atoms with Gasteiger partial charge >= 0.3 is 0 Å². The van der Waals surface area contributed by atoms with E-state index in [1.807, 2.05) is 35.7 Å². The van der Waals surface area contributed by atoms with Crippen LogP contribution in [0.3, 0.4) is 0 Å². The van der Waals surface area contributed by atoms with Crippen LogP contribution in [0.25, 0.3) is 21.7 Å². The number of aromatic nitrogens is 2. The van der Waals surface area contributed by atoms with Gasteiger partial charge in [-0.3, -0.25) is 9.59 Å². The van der Waals surface area contributed by atoms with Crippen LogP contribution in [0.4, 0.5) is 5.69 Å². The number of furan rings is 1. The molecule has 4 heterocycles. The minimum Gasteiger partial charge on any atom is -0.467 e. The third kappa shape index (κ3) is 4.46. The number of pyridine rings is 1. The van der Waals surface area contributed by atoms with E-state index in [0.717, 1.165) is 4.88 Å². The highest BCUT2D eigenvalue weighted by Gasteiger charge is 2.26. The number of nitrogens with zero attached hydrogens (tertiary/aromatic N) is 3. The maximum Gasteiger partial charge on any atom is 0.259 e. The molecule has 170 valence electrons. The summed E-state index contributed by atoms with van der Waals surface area (Å²) >= 11 is 1.51. The van der Waals surface area contributed by atoms with Crippen molar-refractivity contribution in [2.75, 3.05) is 11.9 Å². The highest BCUT2D eigenvalue weighted by Crippen LogP contribution is 2.30. The van der Waals surface area contributed by atoms with E-state index in [1.54, 1.807) is 37.3 Å². The van der Waals surface area contributed by atoms with Crippen molar-refractivity contribution in [3.63, 3.8) is 0 Å². The number of thiophene rings is 1. The summed E-state index contributed by atoms with van der Waals surface area (Å²) in [5.41, 5.74) is 2.45. The highest BCUT2D eigenvalue weighted by molar-refractivity contribution is 7.13. The summed E-state index contributed by atoms with van der Waals surface area (Å²) in [5, 5.41) is 9.30. The normalized spacial score (nSPS) is 11.0. The Morgan fingerprint density at radius 1 is 1.09 bits per heavy atom. The average molecular weight is 473 g/mol. The molecular weight excluding hydrogens is 452 g/mol. The Hall–Kier alpha value is -4.24. The van der Waals surface area contributed by atoms with Crippen molar-refractivity contribution in [1.82, 2.24) is 15.0 Å². The molecule has 0 atom stereocenters. The summed E-state index contributed by atoms with van der Waals surface area (Å²) in [6.45, 7) is 1.71. The molecule has 2 amide bonds. The lowest BCUT2D eigenvalue weighted by molar-refractivity contribution is -0.117. The zero-order valence-electron chi connectivity index (χ0n) is 18.2. The number of benzene rings is 1. The average Bonchev–Trinajstić information content (AvgIpc) is 3.61. The Labute approximate surface area is 198 Å². The fraction of sp³-hybridized carbons (Fsp3) is 0.120. The highest BCUT2D eigenvalue weighted by atomic mass is 32.1. The van der Waals surface area contributed by atoms with Gasteiger partial charge in [-0.15, -0.1) is 11.3 Å². The molecule has 0 unspecified atom stereocenters. The Bertz CT molecular complexity index is 1430. The Morgan fingerprint density at radius 2 is 1.94 bits per heavy atom. The molecule has 0 spiro atoms. The molecule has 0 bridgehead atoms. The van der Waals surface area contributed by atoms with Crippen molar-refractivity contribution in [2.24, 2.45) is 0 Å². The Morgan fingerprint density at radius 3 is 2.68 bits per heavy atom. The number of nitrogens with one attached hydrogen (secondary N) is 1. The van der Waals surface area contributed by atoms with Crippen LogP contribution in [0.2, 0.25) is 0 Å². The van der Waals surface area contributed by atoms with Gasteiger partial charge in [0.1, 0.15) is 12.3 Å². The maximum absolute atomic E-state index is 13.9. The van der Waals surface area contributed by atoms with Crippen LogP contribution in [-0.4, -0.2) is 33.4 Å². The van der Waals surface area contributed by atoms with Crippen LogP contribution >= 0.6 is 11.3 Å². The van der Waals surface area contributed by atoms with E-state index in [4.69, 9.17) is 8.94 Å². The fourth-order valence-electron chi connectivity index (χ4n) is 3.67. The Balaban J connectivity index is 1.51. The number of hydrogen-bond donors (Lipinski definition) is 1. The zero-order chi connectivity index (χ0) is 23.5. The molecule has 8 nitrogen and oxygen atoms in total. The molecule has 5 rings (SSSR count). The first kappa shape index (κ1) is 21.6. The molecule has 0 fully saturated rings. The van der Waals surface area contributed by atoms with E-state index in [0.29, 0.717) is 33.8 Å². The first-order valence-electron chi connectivity index (χ1n) is 10.6. The minimum absolute atomic E-state index is 0.122. The van der Waals surface area contributed by atoms with Gasteiger partial charge in [-0.05, 0) is 48.7 Å². The number of carbonyl (C=O) groups excluding carboxylic acids is 2. The maximum atomic E-state index is 13.9. The molecule has 34 heavy (non-hydrogen) atoms. The van der Waals surface area contributed by atoms with Gasteiger partial charge < -0.3 is 19.2 Å². The lowest BCUT2D eigenvalue weighted by Gasteiger charge is -2.22. The SMILES string of the molecule is Cc1noc2nc(-c3cccs3)cc(C(=O)N(CC(=O)Nc3ccccc3)Cc3ccco3)c12. The molecule has 0 aliphatic rings.